The number of hydrazone groups is 1. The molecule has 1 heterocycles. The monoisotopic (exact) mass is 445 g/mol. The van der Waals surface area contributed by atoms with Crippen LogP contribution in [-0.2, 0) is 6.61 Å². The van der Waals surface area contributed by atoms with Gasteiger partial charge < -0.3 is 4.74 Å². The lowest BCUT2D eigenvalue weighted by Gasteiger charge is -2.12. The molecule has 1 amide bonds. The van der Waals surface area contributed by atoms with Crippen LogP contribution in [0.25, 0.3) is 21.7 Å². The summed E-state index contributed by atoms with van der Waals surface area (Å²) in [6.07, 6.45) is 1.64. The summed E-state index contributed by atoms with van der Waals surface area (Å²) in [7, 11) is 0. The number of amides is 1. The van der Waals surface area contributed by atoms with E-state index in [4.69, 9.17) is 4.74 Å². The Morgan fingerprint density at radius 1 is 0.912 bits per heavy atom. The first kappa shape index (κ1) is 21.3. The second-order valence-electron chi connectivity index (χ2n) is 7.99. The Balaban J connectivity index is 1.41. The van der Waals surface area contributed by atoms with E-state index in [9.17, 15) is 4.79 Å². The Hall–Kier alpha value is -4.51. The molecular formula is C29H23N3O2. The van der Waals surface area contributed by atoms with E-state index in [2.05, 4.69) is 15.5 Å². The van der Waals surface area contributed by atoms with E-state index >= 15 is 0 Å². The fraction of sp³-hybridized carbons (Fsp3) is 0.0690. The largest absolute Gasteiger partial charge is 0.488 e. The quantitative estimate of drug-likeness (QED) is 0.256. The van der Waals surface area contributed by atoms with Crippen molar-refractivity contribution in [3.63, 3.8) is 0 Å². The number of nitrogens with zero attached hydrogens (tertiary/aromatic N) is 2. The van der Waals surface area contributed by atoms with Crippen LogP contribution in [0.1, 0.15) is 27.2 Å². The zero-order valence-corrected chi connectivity index (χ0v) is 18.7. The highest BCUT2D eigenvalue weighted by Gasteiger charge is 2.12. The van der Waals surface area contributed by atoms with Gasteiger partial charge in [0.05, 0.1) is 23.0 Å². The van der Waals surface area contributed by atoms with Crippen molar-refractivity contribution in [3.05, 3.63) is 119 Å². The Labute approximate surface area is 197 Å². The highest BCUT2D eigenvalue weighted by atomic mass is 16.5. The normalized spacial score (nSPS) is 11.2. The summed E-state index contributed by atoms with van der Waals surface area (Å²) in [4.78, 5) is 17.4. The fourth-order valence-electron chi connectivity index (χ4n) is 3.93. The summed E-state index contributed by atoms with van der Waals surface area (Å²) < 4.78 is 6.13. The average molecular weight is 446 g/mol. The van der Waals surface area contributed by atoms with E-state index in [0.29, 0.717) is 23.6 Å². The van der Waals surface area contributed by atoms with Gasteiger partial charge in [0, 0.05) is 10.9 Å². The minimum absolute atomic E-state index is 0.306. The third-order valence-electron chi connectivity index (χ3n) is 5.69. The van der Waals surface area contributed by atoms with Crippen molar-refractivity contribution in [2.45, 2.75) is 13.5 Å². The molecule has 1 N–H and O–H groups in total. The summed E-state index contributed by atoms with van der Waals surface area (Å²) >= 11 is 0. The molecule has 5 rings (SSSR count). The number of hydrogen-bond donors (Lipinski definition) is 1. The number of aryl methyl sites for hydroxylation is 1. The molecule has 166 valence electrons. The van der Waals surface area contributed by atoms with Crippen LogP contribution in [-0.4, -0.2) is 17.1 Å². The number of aromatic nitrogens is 1. The first-order valence-electron chi connectivity index (χ1n) is 11.1. The molecule has 1 aromatic heterocycles. The van der Waals surface area contributed by atoms with E-state index < -0.39 is 0 Å². The standard InChI is InChI=1S/C29H23N3O2/c1-20-25(17-23-12-6-8-14-27(23)31-20)29(33)32-30-18-26-24-13-7-5-11-22(24)15-16-28(26)34-19-21-9-3-2-4-10-21/h2-18H,19H2,1H3,(H,32,33)/b30-18+. The molecule has 34 heavy (non-hydrogen) atoms. The van der Waals surface area contributed by atoms with Gasteiger partial charge in [0.15, 0.2) is 0 Å². The number of nitrogens with one attached hydrogen (secondary N) is 1. The average Bonchev–Trinajstić information content (AvgIpc) is 2.88. The van der Waals surface area contributed by atoms with Gasteiger partial charge in [0.25, 0.3) is 5.91 Å². The highest BCUT2D eigenvalue weighted by Crippen LogP contribution is 2.27. The van der Waals surface area contributed by atoms with Crippen molar-refractivity contribution >= 4 is 33.8 Å². The molecule has 0 aliphatic carbocycles. The molecule has 0 bridgehead atoms. The number of pyridine rings is 1. The van der Waals surface area contributed by atoms with Crippen LogP contribution in [0.2, 0.25) is 0 Å². The first-order chi connectivity index (χ1) is 16.7. The van der Waals surface area contributed by atoms with Gasteiger partial charge in [-0.2, -0.15) is 5.10 Å². The summed E-state index contributed by atoms with van der Waals surface area (Å²) in [5, 5.41) is 7.24. The molecule has 0 saturated heterocycles. The number of benzene rings is 4. The van der Waals surface area contributed by atoms with Crippen LogP contribution in [0.15, 0.2) is 102 Å². The fourth-order valence-corrected chi connectivity index (χ4v) is 3.93. The van der Waals surface area contributed by atoms with E-state index in [0.717, 1.165) is 32.8 Å². The molecule has 0 atom stereocenters. The molecule has 5 heteroatoms. The van der Waals surface area contributed by atoms with Gasteiger partial charge in [-0.05, 0) is 41.5 Å². The van der Waals surface area contributed by atoms with E-state index in [-0.39, 0.29) is 5.91 Å². The van der Waals surface area contributed by atoms with Crippen LogP contribution in [0.4, 0.5) is 0 Å². The Morgan fingerprint density at radius 3 is 2.50 bits per heavy atom. The molecule has 0 fully saturated rings. The van der Waals surface area contributed by atoms with Crippen molar-refractivity contribution in [1.29, 1.82) is 0 Å². The molecule has 0 aliphatic rings. The Kier molecular flexibility index (Phi) is 5.99. The third-order valence-corrected chi connectivity index (χ3v) is 5.69. The van der Waals surface area contributed by atoms with E-state index in [1.165, 1.54) is 0 Å². The van der Waals surface area contributed by atoms with Gasteiger partial charge in [-0.1, -0.05) is 78.9 Å². The number of para-hydroxylation sites is 1. The summed E-state index contributed by atoms with van der Waals surface area (Å²) in [5.74, 6) is 0.392. The molecule has 5 nitrogen and oxygen atoms in total. The lowest BCUT2D eigenvalue weighted by atomic mass is 10.0. The second-order valence-corrected chi connectivity index (χ2v) is 7.99. The minimum Gasteiger partial charge on any atom is -0.488 e. The zero-order valence-electron chi connectivity index (χ0n) is 18.7. The van der Waals surface area contributed by atoms with Gasteiger partial charge in [-0.3, -0.25) is 9.78 Å². The zero-order chi connectivity index (χ0) is 23.3. The Morgan fingerprint density at radius 2 is 1.65 bits per heavy atom. The maximum Gasteiger partial charge on any atom is 0.273 e. The van der Waals surface area contributed by atoms with Crippen LogP contribution < -0.4 is 10.2 Å². The van der Waals surface area contributed by atoms with Gasteiger partial charge in [0.1, 0.15) is 12.4 Å². The SMILES string of the molecule is Cc1nc2ccccc2cc1C(=O)N/N=C/c1c(OCc2ccccc2)ccc2ccccc12. The molecular weight excluding hydrogens is 422 g/mol. The molecule has 0 spiro atoms. The number of carbonyl (C=O) groups excluding carboxylic acids is 1. The van der Waals surface area contributed by atoms with Gasteiger partial charge in [0.2, 0.25) is 0 Å². The second kappa shape index (κ2) is 9.55. The van der Waals surface area contributed by atoms with Crippen LogP contribution in [0, 0.1) is 6.92 Å². The van der Waals surface area contributed by atoms with Crippen molar-refractivity contribution < 1.29 is 9.53 Å². The van der Waals surface area contributed by atoms with Gasteiger partial charge in [-0.25, -0.2) is 5.43 Å². The molecule has 0 unspecified atom stereocenters. The summed E-state index contributed by atoms with van der Waals surface area (Å²) in [5.41, 5.74) is 6.54. The van der Waals surface area contributed by atoms with Crippen LogP contribution in [0.5, 0.6) is 5.75 Å². The number of ether oxygens (including phenoxy) is 1. The lowest BCUT2D eigenvalue weighted by Crippen LogP contribution is -2.19. The topological polar surface area (TPSA) is 63.6 Å². The van der Waals surface area contributed by atoms with E-state index in [1.807, 2.05) is 104 Å². The molecule has 5 aromatic rings. The lowest BCUT2D eigenvalue weighted by molar-refractivity contribution is 0.0954. The molecule has 0 radical (unpaired) electrons. The minimum atomic E-state index is -0.306. The number of rotatable bonds is 6. The molecule has 4 aromatic carbocycles. The first-order valence-corrected chi connectivity index (χ1v) is 11.1. The van der Waals surface area contributed by atoms with Crippen molar-refractivity contribution in [2.24, 2.45) is 5.10 Å². The summed E-state index contributed by atoms with van der Waals surface area (Å²) in [6, 6.07) is 31.6. The predicted octanol–water partition coefficient (Wildman–Crippen LogP) is 6.04. The van der Waals surface area contributed by atoms with Crippen LogP contribution in [0.3, 0.4) is 0 Å². The highest BCUT2D eigenvalue weighted by molar-refractivity contribution is 6.03. The van der Waals surface area contributed by atoms with Crippen molar-refractivity contribution in [2.75, 3.05) is 0 Å². The molecule has 0 saturated carbocycles. The Bertz CT molecular complexity index is 1510. The summed E-state index contributed by atoms with van der Waals surface area (Å²) in [6.45, 7) is 2.26. The van der Waals surface area contributed by atoms with Gasteiger partial charge >= 0.3 is 0 Å². The molecule has 0 aliphatic heterocycles. The number of fused-ring (bicyclic) bond motifs is 2. The third kappa shape index (κ3) is 4.50. The van der Waals surface area contributed by atoms with Crippen molar-refractivity contribution in [1.82, 2.24) is 10.4 Å². The number of carbonyl (C=O) groups is 1. The van der Waals surface area contributed by atoms with E-state index in [1.54, 1.807) is 6.21 Å². The van der Waals surface area contributed by atoms with Gasteiger partial charge in [-0.15, -0.1) is 0 Å². The van der Waals surface area contributed by atoms with Crippen molar-refractivity contribution in [3.8, 4) is 5.75 Å². The van der Waals surface area contributed by atoms with Crippen LogP contribution >= 0.6 is 0 Å². The smallest absolute Gasteiger partial charge is 0.273 e. The maximum atomic E-state index is 12.9. The predicted molar refractivity (Wildman–Crippen MR) is 136 cm³/mol. The number of hydrogen-bond acceptors (Lipinski definition) is 4. The maximum absolute atomic E-state index is 12.9.